The minimum absolute atomic E-state index is 0.173. The molecule has 2 N–H and O–H groups in total. The zero-order valence-electron chi connectivity index (χ0n) is 10.2. The molecule has 1 aliphatic carbocycles. The SMILES string of the molecule is CCC1CCCCC1C(=O)C(C)CCN. The summed E-state index contributed by atoms with van der Waals surface area (Å²) in [6, 6.07) is 0. The van der Waals surface area contributed by atoms with Crippen LogP contribution < -0.4 is 5.73 Å². The number of hydrogen-bond donors (Lipinski definition) is 1. The lowest BCUT2D eigenvalue weighted by atomic mass is 9.73. The number of nitrogens with two attached hydrogens (primary N) is 1. The van der Waals surface area contributed by atoms with Crippen LogP contribution in [0.2, 0.25) is 0 Å². The number of ketones is 1. The molecule has 1 rings (SSSR count). The van der Waals surface area contributed by atoms with Crippen LogP contribution in [0.1, 0.15) is 52.4 Å². The van der Waals surface area contributed by atoms with Crippen molar-refractivity contribution in [2.45, 2.75) is 52.4 Å². The molecule has 2 heteroatoms. The Bertz CT molecular complexity index is 203. The third-order valence-electron chi connectivity index (χ3n) is 3.88. The molecular formula is C13H25NO. The zero-order chi connectivity index (χ0) is 11.3. The van der Waals surface area contributed by atoms with Gasteiger partial charge in [-0.15, -0.1) is 0 Å². The van der Waals surface area contributed by atoms with Crippen molar-refractivity contribution in [2.75, 3.05) is 6.54 Å². The molecule has 0 amide bonds. The molecule has 0 aromatic rings. The highest BCUT2D eigenvalue weighted by Crippen LogP contribution is 2.34. The van der Waals surface area contributed by atoms with Crippen molar-refractivity contribution < 1.29 is 4.79 Å². The first-order valence-electron chi connectivity index (χ1n) is 6.44. The van der Waals surface area contributed by atoms with Gasteiger partial charge in [0.25, 0.3) is 0 Å². The van der Waals surface area contributed by atoms with Crippen LogP contribution in [0.4, 0.5) is 0 Å². The summed E-state index contributed by atoms with van der Waals surface area (Å²) >= 11 is 0. The Morgan fingerprint density at radius 2 is 2.07 bits per heavy atom. The van der Waals surface area contributed by atoms with Gasteiger partial charge in [0.05, 0.1) is 0 Å². The van der Waals surface area contributed by atoms with Gasteiger partial charge in [-0.1, -0.05) is 33.1 Å². The van der Waals surface area contributed by atoms with Gasteiger partial charge in [-0.2, -0.15) is 0 Å². The molecule has 0 bridgehead atoms. The molecule has 1 saturated carbocycles. The van der Waals surface area contributed by atoms with Crippen molar-refractivity contribution in [3.8, 4) is 0 Å². The van der Waals surface area contributed by atoms with E-state index in [-0.39, 0.29) is 5.92 Å². The topological polar surface area (TPSA) is 43.1 Å². The summed E-state index contributed by atoms with van der Waals surface area (Å²) in [4.78, 5) is 12.2. The van der Waals surface area contributed by atoms with E-state index in [2.05, 4.69) is 6.92 Å². The van der Waals surface area contributed by atoms with Crippen LogP contribution in [0.15, 0.2) is 0 Å². The van der Waals surface area contributed by atoms with Crippen molar-refractivity contribution >= 4 is 5.78 Å². The predicted octanol–water partition coefficient (Wildman–Crippen LogP) is 2.76. The van der Waals surface area contributed by atoms with Crippen LogP contribution >= 0.6 is 0 Å². The summed E-state index contributed by atoms with van der Waals surface area (Å²) in [5, 5.41) is 0. The van der Waals surface area contributed by atoms with Crippen LogP contribution in [-0.2, 0) is 4.79 Å². The van der Waals surface area contributed by atoms with E-state index in [9.17, 15) is 4.79 Å². The van der Waals surface area contributed by atoms with Crippen molar-refractivity contribution in [2.24, 2.45) is 23.5 Å². The third-order valence-corrected chi connectivity index (χ3v) is 3.88. The molecule has 2 nitrogen and oxygen atoms in total. The Balaban J connectivity index is 2.55. The second kappa shape index (κ2) is 6.26. The van der Waals surface area contributed by atoms with E-state index < -0.39 is 0 Å². The summed E-state index contributed by atoms with van der Waals surface area (Å²) in [5.41, 5.74) is 5.51. The predicted molar refractivity (Wildman–Crippen MR) is 63.6 cm³/mol. The molecule has 0 radical (unpaired) electrons. The average Bonchev–Trinajstić information content (AvgIpc) is 2.28. The van der Waals surface area contributed by atoms with E-state index in [4.69, 9.17) is 5.73 Å². The Hall–Kier alpha value is -0.370. The van der Waals surface area contributed by atoms with Gasteiger partial charge in [-0.25, -0.2) is 0 Å². The molecule has 0 spiro atoms. The standard InChI is InChI=1S/C13H25NO/c1-3-11-6-4-5-7-12(11)13(15)10(2)8-9-14/h10-12H,3-9,14H2,1-2H3. The van der Waals surface area contributed by atoms with E-state index in [1.165, 1.54) is 19.3 Å². The van der Waals surface area contributed by atoms with Gasteiger partial charge in [0.15, 0.2) is 0 Å². The van der Waals surface area contributed by atoms with E-state index in [1.54, 1.807) is 0 Å². The Kier molecular flexibility index (Phi) is 5.30. The van der Waals surface area contributed by atoms with Gasteiger partial charge in [-0.3, -0.25) is 4.79 Å². The maximum Gasteiger partial charge on any atom is 0.139 e. The first-order chi connectivity index (χ1) is 7.20. The number of Topliss-reactive ketones (excluding diaryl/α,β-unsaturated/α-hetero) is 1. The number of carbonyl (C=O) groups excluding carboxylic acids is 1. The maximum absolute atomic E-state index is 12.2. The fourth-order valence-electron chi connectivity index (χ4n) is 2.83. The first kappa shape index (κ1) is 12.7. The fourth-order valence-corrected chi connectivity index (χ4v) is 2.83. The molecule has 15 heavy (non-hydrogen) atoms. The van der Waals surface area contributed by atoms with Crippen LogP contribution in [0.3, 0.4) is 0 Å². The van der Waals surface area contributed by atoms with Gasteiger partial charge in [0.2, 0.25) is 0 Å². The van der Waals surface area contributed by atoms with E-state index in [1.807, 2.05) is 6.92 Å². The monoisotopic (exact) mass is 211 g/mol. The van der Waals surface area contributed by atoms with Crippen molar-refractivity contribution in [1.29, 1.82) is 0 Å². The van der Waals surface area contributed by atoms with Gasteiger partial charge >= 0.3 is 0 Å². The van der Waals surface area contributed by atoms with E-state index >= 15 is 0 Å². The lowest BCUT2D eigenvalue weighted by Crippen LogP contribution is -2.31. The third kappa shape index (κ3) is 3.30. The summed E-state index contributed by atoms with van der Waals surface area (Å²) in [6.45, 7) is 4.89. The van der Waals surface area contributed by atoms with Crippen LogP contribution in [0, 0.1) is 17.8 Å². The van der Waals surface area contributed by atoms with E-state index in [0.29, 0.717) is 24.2 Å². The Morgan fingerprint density at radius 3 is 2.67 bits per heavy atom. The quantitative estimate of drug-likeness (QED) is 0.760. The normalized spacial score (nSPS) is 28.7. The van der Waals surface area contributed by atoms with Crippen molar-refractivity contribution in [3.05, 3.63) is 0 Å². The smallest absolute Gasteiger partial charge is 0.139 e. The van der Waals surface area contributed by atoms with Crippen molar-refractivity contribution in [1.82, 2.24) is 0 Å². The molecule has 88 valence electrons. The van der Waals surface area contributed by atoms with Crippen LogP contribution in [0.25, 0.3) is 0 Å². The Morgan fingerprint density at radius 1 is 1.40 bits per heavy atom. The second-order valence-corrected chi connectivity index (χ2v) is 4.94. The number of hydrogen-bond acceptors (Lipinski definition) is 2. The molecule has 1 aliphatic rings. The van der Waals surface area contributed by atoms with E-state index in [0.717, 1.165) is 19.3 Å². The molecule has 0 heterocycles. The second-order valence-electron chi connectivity index (χ2n) is 4.94. The molecule has 0 saturated heterocycles. The minimum Gasteiger partial charge on any atom is -0.330 e. The molecule has 3 atom stereocenters. The highest BCUT2D eigenvalue weighted by atomic mass is 16.1. The molecule has 1 fully saturated rings. The van der Waals surface area contributed by atoms with Crippen molar-refractivity contribution in [3.63, 3.8) is 0 Å². The lowest BCUT2D eigenvalue weighted by Gasteiger charge is -2.31. The summed E-state index contributed by atoms with van der Waals surface area (Å²) in [7, 11) is 0. The van der Waals surface area contributed by atoms with Gasteiger partial charge < -0.3 is 5.73 Å². The summed E-state index contributed by atoms with van der Waals surface area (Å²) in [6.07, 6.45) is 6.93. The Labute approximate surface area is 93.6 Å². The van der Waals surface area contributed by atoms with Gasteiger partial charge in [0.1, 0.15) is 5.78 Å². The van der Waals surface area contributed by atoms with Crippen LogP contribution in [-0.4, -0.2) is 12.3 Å². The van der Waals surface area contributed by atoms with Gasteiger partial charge in [0, 0.05) is 11.8 Å². The number of rotatable bonds is 5. The van der Waals surface area contributed by atoms with Crippen LogP contribution in [0.5, 0.6) is 0 Å². The molecule has 0 aliphatic heterocycles. The zero-order valence-corrected chi connectivity index (χ0v) is 10.2. The number of carbonyl (C=O) groups is 1. The lowest BCUT2D eigenvalue weighted by molar-refractivity contribution is -0.129. The maximum atomic E-state index is 12.2. The average molecular weight is 211 g/mol. The largest absolute Gasteiger partial charge is 0.330 e. The highest BCUT2D eigenvalue weighted by Gasteiger charge is 2.31. The minimum atomic E-state index is 0.173. The highest BCUT2D eigenvalue weighted by molar-refractivity contribution is 5.83. The molecular weight excluding hydrogens is 186 g/mol. The summed E-state index contributed by atoms with van der Waals surface area (Å²) in [5.74, 6) is 1.64. The fraction of sp³-hybridized carbons (Fsp3) is 0.923. The molecule has 3 unspecified atom stereocenters. The molecule has 0 aromatic heterocycles. The van der Waals surface area contributed by atoms with Gasteiger partial charge in [-0.05, 0) is 31.7 Å². The molecule has 0 aromatic carbocycles. The first-order valence-corrected chi connectivity index (χ1v) is 6.44. The summed E-state index contributed by atoms with van der Waals surface area (Å²) < 4.78 is 0.